The molecule has 0 saturated heterocycles. The monoisotopic (exact) mass is 226 g/mol. The van der Waals surface area contributed by atoms with Gasteiger partial charge in [0.25, 0.3) is 0 Å². The van der Waals surface area contributed by atoms with Gasteiger partial charge in [0.1, 0.15) is 6.29 Å². The van der Waals surface area contributed by atoms with E-state index in [2.05, 4.69) is 10.6 Å². The maximum atomic E-state index is 10.7. The van der Waals surface area contributed by atoms with Crippen LogP contribution in [-0.4, -0.2) is 10.9 Å². The third-order valence-corrected chi connectivity index (χ3v) is 2.87. The Morgan fingerprint density at radius 1 is 1.29 bits per heavy atom. The van der Waals surface area contributed by atoms with Gasteiger partial charge in [-0.3, -0.25) is 4.79 Å². The lowest BCUT2D eigenvalue weighted by molar-refractivity contribution is 0.112. The third kappa shape index (κ3) is 2.54. The fourth-order valence-corrected chi connectivity index (χ4v) is 1.96. The van der Waals surface area contributed by atoms with Crippen LogP contribution in [0.1, 0.15) is 29.6 Å². The van der Waals surface area contributed by atoms with Crippen LogP contribution in [0, 0.1) is 11.3 Å². The summed E-state index contributed by atoms with van der Waals surface area (Å²) >= 11 is 0. The fraction of sp³-hybridized carbons (Fsp3) is 0.286. The largest absolute Gasteiger partial charge is 0.347 e. The van der Waals surface area contributed by atoms with Crippen molar-refractivity contribution in [3.05, 3.63) is 36.0 Å². The molecule has 0 radical (unpaired) electrons. The summed E-state index contributed by atoms with van der Waals surface area (Å²) in [6, 6.07) is 9.90. The summed E-state index contributed by atoms with van der Waals surface area (Å²) in [5.74, 6) is 0. The molecule has 0 N–H and O–H groups in total. The van der Waals surface area contributed by atoms with Crippen molar-refractivity contribution >= 4 is 17.2 Å². The van der Waals surface area contributed by atoms with Gasteiger partial charge in [-0.05, 0) is 30.4 Å². The Hall–Kier alpha value is -2.08. The number of nitriles is 1. The van der Waals surface area contributed by atoms with E-state index in [1.807, 2.05) is 30.5 Å². The number of carbonyl (C=O) groups excluding carboxylic acids is 1. The minimum Gasteiger partial charge on any atom is -0.347 e. The molecule has 0 bridgehead atoms. The standard InChI is InChI=1S/C14H14N2O/c15-7-2-1-3-8-16-9-6-13-5-4-12(11-17)10-14(13)16/h4-6,9-11H,1-3,8H2. The number of nitrogens with zero attached hydrogens (tertiary/aromatic N) is 2. The molecule has 0 aliphatic carbocycles. The van der Waals surface area contributed by atoms with Crippen molar-refractivity contribution in [2.24, 2.45) is 0 Å². The highest BCUT2D eigenvalue weighted by Gasteiger charge is 2.01. The van der Waals surface area contributed by atoms with Crippen LogP contribution in [0.2, 0.25) is 0 Å². The highest BCUT2D eigenvalue weighted by atomic mass is 16.1. The number of unbranched alkanes of at least 4 members (excludes halogenated alkanes) is 2. The van der Waals surface area contributed by atoms with Crippen LogP contribution < -0.4 is 0 Å². The van der Waals surface area contributed by atoms with Gasteiger partial charge in [0.15, 0.2) is 0 Å². The number of benzene rings is 1. The predicted molar refractivity (Wildman–Crippen MR) is 66.8 cm³/mol. The molecule has 3 nitrogen and oxygen atoms in total. The number of hydrogen-bond donors (Lipinski definition) is 0. The molecule has 1 aromatic heterocycles. The second-order valence-electron chi connectivity index (χ2n) is 4.06. The van der Waals surface area contributed by atoms with Crippen molar-refractivity contribution in [2.75, 3.05) is 0 Å². The molecule has 0 atom stereocenters. The fourth-order valence-electron chi connectivity index (χ4n) is 1.96. The molecular formula is C14H14N2O. The average molecular weight is 226 g/mol. The lowest BCUT2D eigenvalue weighted by Crippen LogP contribution is -1.96. The molecular weight excluding hydrogens is 212 g/mol. The maximum Gasteiger partial charge on any atom is 0.150 e. The number of fused-ring (bicyclic) bond motifs is 1. The molecule has 2 aromatic rings. The van der Waals surface area contributed by atoms with Crippen molar-refractivity contribution in [2.45, 2.75) is 25.8 Å². The molecule has 0 unspecified atom stereocenters. The summed E-state index contributed by atoms with van der Waals surface area (Å²) in [6.07, 6.45) is 5.42. The van der Waals surface area contributed by atoms with Crippen LogP contribution in [-0.2, 0) is 6.54 Å². The van der Waals surface area contributed by atoms with Crippen LogP contribution in [0.3, 0.4) is 0 Å². The summed E-state index contributed by atoms with van der Waals surface area (Å²) in [4.78, 5) is 10.7. The lowest BCUT2D eigenvalue weighted by Gasteiger charge is -2.04. The smallest absolute Gasteiger partial charge is 0.150 e. The summed E-state index contributed by atoms with van der Waals surface area (Å²) in [5.41, 5.74) is 1.79. The summed E-state index contributed by atoms with van der Waals surface area (Å²) < 4.78 is 2.14. The van der Waals surface area contributed by atoms with E-state index in [0.717, 1.165) is 36.6 Å². The Labute approximate surface area is 100 Å². The normalized spacial score (nSPS) is 10.3. The second-order valence-corrected chi connectivity index (χ2v) is 4.06. The van der Waals surface area contributed by atoms with Crippen LogP contribution in [0.25, 0.3) is 10.9 Å². The predicted octanol–water partition coefficient (Wildman–Crippen LogP) is 3.15. The summed E-state index contributed by atoms with van der Waals surface area (Å²) in [7, 11) is 0. The van der Waals surface area contributed by atoms with Crippen LogP contribution in [0.5, 0.6) is 0 Å². The van der Waals surface area contributed by atoms with E-state index < -0.39 is 0 Å². The van der Waals surface area contributed by atoms with E-state index in [-0.39, 0.29) is 0 Å². The minimum atomic E-state index is 0.610. The first-order valence-electron chi connectivity index (χ1n) is 5.76. The molecule has 0 aliphatic heterocycles. The van der Waals surface area contributed by atoms with Gasteiger partial charge in [-0.1, -0.05) is 12.1 Å². The van der Waals surface area contributed by atoms with Gasteiger partial charge in [-0.25, -0.2) is 0 Å². The summed E-state index contributed by atoms with van der Waals surface area (Å²) in [5, 5.41) is 9.62. The topological polar surface area (TPSA) is 45.8 Å². The van der Waals surface area contributed by atoms with Crippen molar-refractivity contribution in [1.82, 2.24) is 4.57 Å². The highest BCUT2D eigenvalue weighted by Crippen LogP contribution is 2.17. The number of rotatable bonds is 5. The van der Waals surface area contributed by atoms with Gasteiger partial charge < -0.3 is 4.57 Å². The Kier molecular flexibility index (Phi) is 3.56. The molecule has 1 aromatic carbocycles. The Morgan fingerprint density at radius 2 is 2.18 bits per heavy atom. The highest BCUT2D eigenvalue weighted by molar-refractivity contribution is 5.87. The van der Waals surface area contributed by atoms with E-state index in [4.69, 9.17) is 5.26 Å². The Morgan fingerprint density at radius 3 is 2.94 bits per heavy atom. The molecule has 2 rings (SSSR count). The van der Waals surface area contributed by atoms with Crippen molar-refractivity contribution in [3.63, 3.8) is 0 Å². The molecule has 0 saturated carbocycles. The molecule has 0 spiro atoms. The second kappa shape index (κ2) is 5.31. The number of aldehydes is 1. The van der Waals surface area contributed by atoms with Crippen LogP contribution in [0.15, 0.2) is 30.5 Å². The van der Waals surface area contributed by atoms with Gasteiger partial charge >= 0.3 is 0 Å². The molecule has 1 heterocycles. The third-order valence-electron chi connectivity index (χ3n) is 2.87. The Bertz CT molecular complexity index is 563. The van der Waals surface area contributed by atoms with Gasteiger partial charge in [0.2, 0.25) is 0 Å². The maximum absolute atomic E-state index is 10.7. The van der Waals surface area contributed by atoms with E-state index in [1.165, 1.54) is 0 Å². The first-order chi connectivity index (χ1) is 8.35. The van der Waals surface area contributed by atoms with Crippen LogP contribution in [0.4, 0.5) is 0 Å². The number of aromatic nitrogens is 1. The SMILES string of the molecule is N#CCCCCn1ccc2ccc(C=O)cc21. The van der Waals surface area contributed by atoms with Gasteiger partial charge in [-0.15, -0.1) is 0 Å². The number of aryl methyl sites for hydroxylation is 1. The van der Waals surface area contributed by atoms with Crippen molar-refractivity contribution < 1.29 is 4.79 Å². The quantitative estimate of drug-likeness (QED) is 0.580. The molecule has 0 amide bonds. The first kappa shape index (κ1) is 11.4. The molecule has 17 heavy (non-hydrogen) atoms. The molecule has 86 valence electrons. The number of hydrogen-bond acceptors (Lipinski definition) is 2. The van der Waals surface area contributed by atoms with E-state index >= 15 is 0 Å². The van der Waals surface area contributed by atoms with Gasteiger partial charge in [0.05, 0.1) is 6.07 Å². The molecule has 3 heteroatoms. The number of carbonyl (C=O) groups is 1. The molecule has 0 aliphatic rings. The van der Waals surface area contributed by atoms with E-state index in [0.29, 0.717) is 12.0 Å². The average Bonchev–Trinajstić information content (AvgIpc) is 2.77. The zero-order chi connectivity index (χ0) is 12.1. The Balaban J connectivity index is 2.17. The van der Waals surface area contributed by atoms with E-state index in [1.54, 1.807) is 0 Å². The first-order valence-corrected chi connectivity index (χ1v) is 5.76. The van der Waals surface area contributed by atoms with Crippen LogP contribution >= 0.6 is 0 Å². The zero-order valence-electron chi connectivity index (χ0n) is 9.60. The van der Waals surface area contributed by atoms with Gasteiger partial charge in [-0.2, -0.15) is 5.26 Å². The van der Waals surface area contributed by atoms with Crippen molar-refractivity contribution in [3.8, 4) is 6.07 Å². The zero-order valence-corrected chi connectivity index (χ0v) is 9.60. The lowest BCUT2D eigenvalue weighted by atomic mass is 10.2. The van der Waals surface area contributed by atoms with Crippen molar-refractivity contribution in [1.29, 1.82) is 5.26 Å². The summed E-state index contributed by atoms with van der Waals surface area (Å²) in [6.45, 7) is 0.896. The van der Waals surface area contributed by atoms with Gasteiger partial charge in [0, 0.05) is 30.2 Å². The molecule has 0 fully saturated rings. The van der Waals surface area contributed by atoms with E-state index in [9.17, 15) is 4.79 Å². The minimum absolute atomic E-state index is 0.610.